The van der Waals surface area contributed by atoms with E-state index in [0.29, 0.717) is 22.1 Å². The molecule has 21 heavy (non-hydrogen) atoms. The van der Waals surface area contributed by atoms with Crippen molar-refractivity contribution in [1.82, 2.24) is 5.32 Å². The number of halogens is 1. The number of carbonyl (C=O) groups excluding carboxylic acids is 1. The summed E-state index contributed by atoms with van der Waals surface area (Å²) in [6, 6.07) is 8.04. The molecular weight excluding hydrogens is 294 g/mol. The van der Waals surface area contributed by atoms with E-state index in [-0.39, 0.29) is 12.5 Å². The summed E-state index contributed by atoms with van der Waals surface area (Å²) < 4.78 is 10.2. The van der Waals surface area contributed by atoms with E-state index < -0.39 is 5.60 Å². The highest BCUT2D eigenvalue weighted by molar-refractivity contribution is 6.32. The Morgan fingerprint density at radius 3 is 2.86 bits per heavy atom. The molecule has 0 aliphatic heterocycles. The Bertz CT molecular complexity index is 623. The van der Waals surface area contributed by atoms with E-state index in [1.165, 1.54) is 13.4 Å². The Hall–Kier alpha value is -1.98. The second kappa shape index (κ2) is 6.20. The molecule has 0 bridgehead atoms. The van der Waals surface area contributed by atoms with Crippen LogP contribution in [0.4, 0.5) is 0 Å². The Morgan fingerprint density at radius 2 is 2.24 bits per heavy atom. The first-order chi connectivity index (χ1) is 9.94. The van der Waals surface area contributed by atoms with Crippen LogP contribution in [0.5, 0.6) is 5.75 Å². The fourth-order valence-corrected chi connectivity index (χ4v) is 2.02. The van der Waals surface area contributed by atoms with Gasteiger partial charge in [-0.05, 0) is 37.3 Å². The number of benzene rings is 1. The highest BCUT2D eigenvalue weighted by Crippen LogP contribution is 2.25. The Morgan fingerprint density at radius 1 is 1.48 bits per heavy atom. The zero-order valence-electron chi connectivity index (χ0n) is 11.7. The topological polar surface area (TPSA) is 71.7 Å². The first-order valence-corrected chi connectivity index (χ1v) is 6.70. The van der Waals surface area contributed by atoms with Crippen molar-refractivity contribution in [2.75, 3.05) is 13.7 Å². The van der Waals surface area contributed by atoms with E-state index in [1.54, 1.807) is 37.3 Å². The average molecular weight is 310 g/mol. The van der Waals surface area contributed by atoms with Gasteiger partial charge in [-0.15, -0.1) is 0 Å². The van der Waals surface area contributed by atoms with Gasteiger partial charge >= 0.3 is 0 Å². The van der Waals surface area contributed by atoms with Gasteiger partial charge in [0, 0.05) is 5.56 Å². The number of rotatable bonds is 5. The summed E-state index contributed by atoms with van der Waals surface area (Å²) in [7, 11) is 1.48. The van der Waals surface area contributed by atoms with Gasteiger partial charge in [-0.2, -0.15) is 0 Å². The van der Waals surface area contributed by atoms with Crippen molar-refractivity contribution in [1.29, 1.82) is 0 Å². The number of methoxy groups -OCH3 is 1. The molecule has 2 aromatic rings. The Balaban J connectivity index is 2.05. The molecule has 0 aliphatic rings. The van der Waals surface area contributed by atoms with Gasteiger partial charge < -0.3 is 19.6 Å². The van der Waals surface area contributed by atoms with Crippen LogP contribution in [0.2, 0.25) is 5.02 Å². The van der Waals surface area contributed by atoms with Crippen LogP contribution in [0.15, 0.2) is 41.0 Å². The van der Waals surface area contributed by atoms with Crippen molar-refractivity contribution in [3.8, 4) is 5.75 Å². The van der Waals surface area contributed by atoms with Crippen LogP contribution in [-0.4, -0.2) is 24.7 Å². The minimum atomic E-state index is -1.28. The van der Waals surface area contributed by atoms with Gasteiger partial charge in [-0.25, -0.2) is 0 Å². The maximum absolute atomic E-state index is 12.1. The summed E-state index contributed by atoms with van der Waals surface area (Å²) in [5, 5.41) is 13.3. The molecule has 1 heterocycles. The number of amides is 1. The Kier molecular flexibility index (Phi) is 4.55. The molecule has 0 saturated carbocycles. The molecule has 6 heteroatoms. The van der Waals surface area contributed by atoms with Crippen LogP contribution in [0.3, 0.4) is 0 Å². The van der Waals surface area contributed by atoms with Gasteiger partial charge in [0.15, 0.2) is 0 Å². The third-order valence-corrected chi connectivity index (χ3v) is 3.37. The summed E-state index contributed by atoms with van der Waals surface area (Å²) in [5.41, 5.74) is -0.887. The summed E-state index contributed by atoms with van der Waals surface area (Å²) in [6.07, 6.45) is 1.47. The van der Waals surface area contributed by atoms with E-state index in [4.69, 9.17) is 20.8 Å². The third kappa shape index (κ3) is 3.56. The zero-order valence-corrected chi connectivity index (χ0v) is 12.5. The molecule has 0 radical (unpaired) electrons. The molecule has 0 aliphatic carbocycles. The lowest BCUT2D eigenvalue weighted by Gasteiger charge is -2.21. The molecule has 0 spiro atoms. The lowest BCUT2D eigenvalue weighted by atomic mass is 10.0. The van der Waals surface area contributed by atoms with Crippen molar-refractivity contribution in [3.05, 3.63) is 52.9 Å². The monoisotopic (exact) mass is 309 g/mol. The zero-order chi connectivity index (χ0) is 15.5. The largest absolute Gasteiger partial charge is 0.495 e. The first-order valence-electron chi connectivity index (χ1n) is 6.32. The minimum absolute atomic E-state index is 0.0181. The molecule has 1 atom stereocenters. The number of hydrogen-bond donors (Lipinski definition) is 2. The smallest absolute Gasteiger partial charge is 0.251 e. The van der Waals surface area contributed by atoms with Crippen molar-refractivity contribution >= 4 is 17.5 Å². The lowest BCUT2D eigenvalue weighted by Crippen LogP contribution is -2.38. The van der Waals surface area contributed by atoms with Crippen molar-refractivity contribution in [2.24, 2.45) is 0 Å². The maximum Gasteiger partial charge on any atom is 0.251 e. The van der Waals surface area contributed by atoms with Crippen LogP contribution in [0.1, 0.15) is 23.0 Å². The number of hydrogen-bond acceptors (Lipinski definition) is 4. The molecule has 112 valence electrons. The van der Waals surface area contributed by atoms with E-state index in [9.17, 15) is 9.90 Å². The normalized spacial score (nSPS) is 13.5. The van der Waals surface area contributed by atoms with Gasteiger partial charge in [0.05, 0.1) is 24.9 Å². The average Bonchev–Trinajstić information content (AvgIpc) is 3.00. The van der Waals surface area contributed by atoms with Gasteiger partial charge in [-0.3, -0.25) is 4.79 Å². The van der Waals surface area contributed by atoms with Crippen LogP contribution in [-0.2, 0) is 5.60 Å². The SMILES string of the molecule is COc1cc(C(=O)NCC(C)(O)c2ccco2)ccc1Cl. The second-order valence-corrected chi connectivity index (χ2v) is 5.19. The highest BCUT2D eigenvalue weighted by atomic mass is 35.5. The van der Waals surface area contributed by atoms with Gasteiger partial charge in [0.25, 0.3) is 5.91 Å². The van der Waals surface area contributed by atoms with Crippen LogP contribution in [0, 0.1) is 0 Å². The predicted molar refractivity (Wildman–Crippen MR) is 78.6 cm³/mol. The van der Waals surface area contributed by atoms with Gasteiger partial charge in [-0.1, -0.05) is 11.6 Å². The number of nitrogens with one attached hydrogen (secondary N) is 1. The molecular formula is C15H16ClNO4. The van der Waals surface area contributed by atoms with Crippen molar-refractivity contribution < 1.29 is 19.1 Å². The van der Waals surface area contributed by atoms with E-state index in [2.05, 4.69) is 5.32 Å². The summed E-state index contributed by atoms with van der Waals surface area (Å²) in [4.78, 5) is 12.1. The highest BCUT2D eigenvalue weighted by Gasteiger charge is 2.27. The summed E-state index contributed by atoms with van der Waals surface area (Å²) in [5.74, 6) is 0.468. The molecule has 1 aromatic heterocycles. The van der Waals surface area contributed by atoms with Crippen molar-refractivity contribution in [3.63, 3.8) is 0 Å². The Labute approximate surface area is 127 Å². The van der Waals surface area contributed by atoms with E-state index in [0.717, 1.165) is 0 Å². The predicted octanol–water partition coefficient (Wildman–Crippen LogP) is 2.58. The molecule has 1 unspecified atom stereocenters. The second-order valence-electron chi connectivity index (χ2n) is 4.78. The molecule has 0 fully saturated rings. The molecule has 1 aromatic carbocycles. The first kappa shape index (κ1) is 15.4. The number of carbonyl (C=O) groups is 1. The van der Waals surface area contributed by atoms with Gasteiger partial charge in [0.1, 0.15) is 17.1 Å². The number of furan rings is 1. The molecule has 0 saturated heterocycles. The van der Waals surface area contributed by atoms with Crippen molar-refractivity contribution in [2.45, 2.75) is 12.5 Å². The molecule has 5 nitrogen and oxygen atoms in total. The fraction of sp³-hybridized carbons (Fsp3) is 0.267. The minimum Gasteiger partial charge on any atom is -0.495 e. The number of ether oxygens (including phenoxy) is 1. The third-order valence-electron chi connectivity index (χ3n) is 3.06. The number of aliphatic hydroxyl groups is 1. The molecule has 2 N–H and O–H groups in total. The van der Waals surface area contributed by atoms with E-state index >= 15 is 0 Å². The van der Waals surface area contributed by atoms with Crippen LogP contribution in [0.25, 0.3) is 0 Å². The van der Waals surface area contributed by atoms with Crippen LogP contribution < -0.4 is 10.1 Å². The maximum atomic E-state index is 12.1. The lowest BCUT2D eigenvalue weighted by molar-refractivity contribution is 0.0330. The van der Waals surface area contributed by atoms with Gasteiger partial charge in [0.2, 0.25) is 0 Å². The standard InChI is InChI=1S/C15H16ClNO4/c1-15(19,13-4-3-7-21-13)9-17-14(18)10-5-6-11(16)12(8-10)20-2/h3-8,19H,9H2,1-2H3,(H,17,18). The van der Waals surface area contributed by atoms with E-state index in [1.807, 2.05) is 0 Å². The molecule has 2 rings (SSSR count). The fourth-order valence-electron chi connectivity index (χ4n) is 1.83. The summed E-state index contributed by atoms with van der Waals surface area (Å²) in [6.45, 7) is 1.58. The van der Waals surface area contributed by atoms with Crippen LogP contribution >= 0.6 is 11.6 Å². The molecule has 1 amide bonds. The quantitative estimate of drug-likeness (QED) is 0.890. The summed E-state index contributed by atoms with van der Waals surface area (Å²) >= 11 is 5.91.